The molecule has 124 valence electrons. The average molecular weight is 343 g/mol. The van der Waals surface area contributed by atoms with Gasteiger partial charge in [-0.15, -0.1) is 0 Å². The van der Waals surface area contributed by atoms with Crippen LogP contribution >= 0.6 is 0 Å². The van der Waals surface area contributed by atoms with Gasteiger partial charge in [-0.1, -0.05) is 0 Å². The summed E-state index contributed by atoms with van der Waals surface area (Å²) in [6, 6.07) is 4.93. The maximum atomic E-state index is 13.1. The molecule has 0 spiro atoms. The highest BCUT2D eigenvalue weighted by Gasteiger charge is 2.24. The van der Waals surface area contributed by atoms with E-state index in [0.717, 1.165) is 12.1 Å². The van der Waals surface area contributed by atoms with Crippen LogP contribution in [0.4, 0.5) is 14.5 Å². The van der Waals surface area contributed by atoms with Crippen LogP contribution in [-0.2, 0) is 16.6 Å². The molecule has 0 aliphatic carbocycles. The highest BCUT2D eigenvalue weighted by atomic mass is 32.2. The van der Waals surface area contributed by atoms with Gasteiger partial charge in [0.2, 0.25) is 10.0 Å². The van der Waals surface area contributed by atoms with Crippen LogP contribution in [0.25, 0.3) is 0 Å². The second-order valence-electron chi connectivity index (χ2n) is 4.66. The highest BCUT2D eigenvalue weighted by Crippen LogP contribution is 2.30. The van der Waals surface area contributed by atoms with Crippen molar-refractivity contribution in [1.29, 1.82) is 0 Å². The molecule has 0 amide bonds. The van der Waals surface area contributed by atoms with Crippen LogP contribution < -0.4 is 15.2 Å². The van der Waals surface area contributed by atoms with Crippen LogP contribution in [0.2, 0.25) is 0 Å². The summed E-state index contributed by atoms with van der Waals surface area (Å²) in [5.41, 5.74) is 5.82. The fourth-order valence-corrected chi connectivity index (χ4v) is 3.15. The number of methoxy groups -OCH3 is 1. The number of rotatable bonds is 6. The molecule has 0 fully saturated rings. The van der Waals surface area contributed by atoms with E-state index in [9.17, 15) is 17.2 Å². The third-order valence-electron chi connectivity index (χ3n) is 3.02. The summed E-state index contributed by atoms with van der Waals surface area (Å²) in [4.78, 5) is 3.33. The number of benzene rings is 1. The first kappa shape index (κ1) is 17.1. The summed E-state index contributed by atoms with van der Waals surface area (Å²) >= 11 is 0. The third-order valence-corrected chi connectivity index (χ3v) is 4.50. The number of hydrogen-bond acceptors (Lipinski definition) is 5. The molecular weight excluding hydrogens is 328 g/mol. The monoisotopic (exact) mass is 343 g/mol. The molecule has 0 aliphatic rings. The molecule has 9 heteroatoms. The Morgan fingerprint density at radius 1 is 1.30 bits per heavy atom. The number of nitrogens with zero attached hydrogens (tertiary/aromatic N) is 1. The molecular formula is C14H15F2N3O3S. The molecule has 1 aromatic carbocycles. The molecule has 23 heavy (non-hydrogen) atoms. The van der Waals surface area contributed by atoms with Gasteiger partial charge in [0.1, 0.15) is 5.75 Å². The van der Waals surface area contributed by atoms with E-state index < -0.39 is 26.9 Å². The number of anilines is 1. The first-order valence-corrected chi connectivity index (χ1v) is 7.97. The van der Waals surface area contributed by atoms with Gasteiger partial charge in [0.25, 0.3) is 6.43 Å². The van der Waals surface area contributed by atoms with Crippen LogP contribution in [0.3, 0.4) is 0 Å². The van der Waals surface area contributed by atoms with Gasteiger partial charge in [-0.05, 0) is 29.8 Å². The zero-order valence-corrected chi connectivity index (χ0v) is 13.0. The number of aromatic nitrogens is 1. The Morgan fingerprint density at radius 2 is 2.04 bits per heavy atom. The number of hydrogen-bond donors (Lipinski definition) is 2. The largest absolute Gasteiger partial charge is 0.497 e. The van der Waals surface area contributed by atoms with Crippen molar-refractivity contribution in [2.45, 2.75) is 17.9 Å². The lowest BCUT2D eigenvalue weighted by atomic mass is 10.2. The minimum Gasteiger partial charge on any atom is -0.497 e. The first-order chi connectivity index (χ1) is 10.8. The summed E-state index contributed by atoms with van der Waals surface area (Å²) < 4.78 is 57.9. The van der Waals surface area contributed by atoms with Crippen LogP contribution in [0, 0.1) is 0 Å². The van der Waals surface area contributed by atoms with Crippen molar-refractivity contribution >= 4 is 15.7 Å². The van der Waals surface area contributed by atoms with Gasteiger partial charge < -0.3 is 10.5 Å². The third kappa shape index (κ3) is 4.14. The van der Waals surface area contributed by atoms with Gasteiger partial charge in [-0.25, -0.2) is 21.9 Å². The molecule has 0 bridgehead atoms. The zero-order valence-electron chi connectivity index (χ0n) is 12.2. The number of nitrogens with two attached hydrogens (primary N) is 1. The molecule has 2 aromatic rings. The van der Waals surface area contributed by atoms with E-state index >= 15 is 0 Å². The maximum absolute atomic E-state index is 13.1. The summed E-state index contributed by atoms with van der Waals surface area (Å²) in [7, 11) is -2.82. The maximum Gasteiger partial charge on any atom is 0.265 e. The van der Waals surface area contributed by atoms with Crippen molar-refractivity contribution in [3.05, 3.63) is 47.8 Å². The normalized spacial score (nSPS) is 11.7. The molecule has 1 aromatic heterocycles. The summed E-state index contributed by atoms with van der Waals surface area (Å²) in [5, 5.41) is 0. The molecule has 0 saturated carbocycles. The number of halogens is 2. The number of sulfonamides is 1. The Labute approximate surface area is 132 Å². The number of ether oxygens (including phenoxy) is 1. The lowest BCUT2D eigenvalue weighted by Crippen LogP contribution is -2.24. The molecule has 0 atom stereocenters. The minimum atomic E-state index is -4.13. The van der Waals surface area contributed by atoms with E-state index in [4.69, 9.17) is 10.5 Å². The molecule has 0 radical (unpaired) electrons. The number of pyridine rings is 1. The molecule has 0 saturated heterocycles. The number of nitrogen functional groups attached to an aromatic ring is 1. The Kier molecular flexibility index (Phi) is 5.12. The SMILES string of the molecule is COc1ccc(S(=O)(=O)NCc2cncc(N)c2)c(C(F)F)c1. The van der Waals surface area contributed by atoms with Crippen LogP contribution in [0.15, 0.2) is 41.6 Å². The smallest absolute Gasteiger partial charge is 0.265 e. The van der Waals surface area contributed by atoms with Crippen molar-refractivity contribution in [2.24, 2.45) is 0 Å². The minimum absolute atomic E-state index is 0.116. The lowest BCUT2D eigenvalue weighted by molar-refractivity contribution is 0.147. The van der Waals surface area contributed by atoms with Gasteiger partial charge in [-0.3, -0.25) is 4.98 Å². The Bertz CT molecular complexity index is 798. The van der Waals surface area contributed by atoms with Crippen LogP contribution in [0.1, 0.15) is 17.6 Å². The predicted octanol–water partition coefficient (Wildman–Crippen LogP) is 2.09. The van der Waals surface area contributed by atoms with E-state index in [0.29, 0.717) is 11.3 Å². The van der Waals surface area contributed by atoms with E-state index in [1.807, 2.05) is 0 Å². The van der Waals surface area contributed by atoms with Gasteiger partial charge in [0, 0.05) is 24.5 Å². The molecule has 2 rings (SSSR count). The van der Waals surface area contributed by atoms with E-state index in [2.05, 4.69) is 9.71 Å². The fourth-order valence-electron chi connectivity index (χ4n) is 1.93. The quantitative estimate of drug-likeness (QED) is 0.837. The van der Waals surface area contributed by atoms with Gasteiger partial charge >= 0.3 is 0 Å². The topological polar surface area (TPSA) is 94.3 Å². The Balaban J connectivity index is 2.28. The van der Waals surface area contributed by atoms with Crippen molar-refractivity contribution < 1.29 is 21.9 Å². The molecule has 1 heterocycles. The van der Waals surface area contributed by atoms with E-state index in [1.54, 1.807) is 0 Å². The van der Waals surface area contributed by atoms with Gasteiger partial charge in [-0.2, -0.15) is 0 Å². The molecule has 3 N–H and O–H groups in total. The average Bonchev–Trinajstić information content (AvgIpc) is 2.52. The van der Waals surface area contributed by atoms with Crippen molar-refractivity contribution in [3.63, 3.8) is 0 Å². The highest BCUT2D eigenvalue weighted by molar-refractivity contribution is 7.89. The second kappa shape index (κ2) is 6.88. The zero-order chi connectivity index (χ0) is 17.0. The molecule has 0 aliphatic heterocycles. The van der Waals surface area contributed by atoms with Crippen molar-refractivity contribution in [1.82, 2.24) is 9.71 Å². The van der Waals surface area contributed by atoms with Crippen molar-refractivity contribution in [2.75, 3.05) is 12.8 Å². The van der Waals surface area contributed by atoms with Gasteiger partial charge in [0.15, 0.2) is 0 Å². The fraction of sp³-hybridized carbons (Fsp3) is 0.214. The summed E-state index contributed by atoms with van der Waals surface area (Å²) in [6.07, 6.45) is -0.109. The van der Waals surface area contributed by atoms with Gasteiger partial charge in [0.05, 0.1) is 17.7 Å². The number of alkyl halides is 2. The summed E-state index contributed by atoms with van der Waals surface area (Å²) in [5.74, 6) is 0.152. The van der Waals surface area contributed by atoms with Crippen LogP contribution in [-0.4, -0.2) is 20.5 Å². The first-order valence-electron chi connectivity index (χ1n) is 6.48. The second-order valence-corrected chi connectivity index (χ2v) is 6.39. The predicted molar refractivity (Wildman–Crippen MR) is 80.6 cm³/mol. The molecule has 6 nitrogen and oxygen atoms in total. The van der Waals surface area contributed by atoms with E-state index in [-0.39, 0.29) is 12.3 Å². The van der Waals surface area contributed by atoms with Crippen LogP contribution in [0.5, 0.6) is 5.75 Å². The van der Waals surface area contributed by atoms with Crippen molar-refractivity contribution in [3.8, 4) is 5.75 Å². The standard InChI is InChI=1S/C14H15F2N3O3S/c1-22-11-2-3-13(12(5-11)14(15)16)23(20,21)19-7-9-4-10(17)8-18-6-9/h2-6,8,14,19H,7,17H2,1H3. The van der Waals surface area contributed by atoms with E-state index in [1.165, 1.54) is 31.6 Å². The molecule has 0 unspecified atom stereocenters. The lowest BCUT2D eigenvalue weighted by Gasteiger charge is -2.12. The summed E-state index contributed by atoms with van der Waals surface area (Å²) in [6.45, 7) is -0.116. The number of nitrogens with one attached hydrogen (secondary N) is 1. The Hall–Kier alpha value is -2.26. The Morgan fingerprint density at radius 3 is 2.65 bits per heavy atom.